The Bertz CT molecular complexity index is 1080. The number of likely N-dealkylation sites (tertiary alicyclic amines) is 1. The lowest BCUT2D eigenvalue weighted by Crippen LogP contribution is -2.31. The number of hydrogen-bond donors (Lipinski definition) is 0. The summed E-state index contributed by atoms with van der Waals surface area (Å²) >= 11 is 0. The lowest BCUT2D eigenvalue weighted by molar-refractivity contribution is 0.112. The van der Waals surface area contributed by atoms with Gasteiger partial charge in [0.1, 0.15) is 17.9 Å². The van der Waals surface area contributed by atoms with Crippen molar-refractivity contribution >= 4 is 18.6 Å². The summed E-state index contributed by atoms with van der Waals surface area (Å²) in [6, 6.07) is 8.83. The minimum atomic E-state index is 0.378. The Morgan fingerprint density at radius 2 is 1.92 bits per heavy atom. The normalized spacial score (nSPS) is 13.8. The quantitative estimate of drug-likeness (QED) is 0.246. The summed E-state index contributed by atoms with van der Waals surface area (Å²) < 4.78 is 5.68. The summed E-state index contributed by atoms with van der Waals surface area (Å²) in [5.74, 6) is 3.24. The Morgan fingerprint density at radius 1 is 1.24 bits per heavy atom. The molecule has 1 aliphatic heterocycles. The summed E-state index contributed by atoms with van der Waals surface area (Å²) in [5.41, 5.74) is 3.99. The summed E-state index contributed by atoms with van der Waals surface area (Å²) in [4.78, 5) is 21.8. The van der Waals surface area contributed by atoms with Crippen molar-refractivity contribution in [2.45, 2.75) is 73.6 Å². The average molecular weight is 518 g/mol. The molecule has 0 aliphatic carbocycles. The maximum Gasteiger partial charge on any atom is 0.219 e. The molecule has 5 heteroatoms. The first-order valence-electron chi connectivity index (χ1n) is 13.8. The van der Waals surface area contributed by atoms with Gasteiger partial charge in [-0.25, -0.2) is 9.98 Å². The number of benzene rings is 1. The van der Waals surface area contributed by atoms with Gasteiger partial charge in [0.2, 0.25) is 5.88 Å². The maximum absolute atomic E-state index is 10.7. The zero-order chi connectivity index (χ0) is 28.5. The standard InChI is InChI=1S/C17H17NO2.C14H24N2.C2H6/c1-4-14-9-17(18-10-16(14)12(2)3)20-15-7-5-6-13(8-15)11-19;1-5-14(6-2)11-15-13(4)16-9-7-12(3)8-10-16;1-2/h4-12H,1H2,2-3H3;5,11-12H,4,6-10H2,1-3H3;1-2H3/b;14-5-,15-11-;. The van der Waals surface area contributed by atoms with E-state index in [0.29, 0.717) is 23.1 Å². The van der Waals surface area contributed by atoms with Crippen LogP contribution in [-0.2, 0) is 0 Å². The van der Waals surface area contributed by atoms with Gasteiger partial charge in [-0.2, -0.15) is 0 Å². The Morgan fingerprint density at radius 3 is 2.47 bits per heavy atom. The van der Waals surface area contributed by atoms with Gasteiger partial charge in [-0.15, -0.1) is 0 Å². The Balaban J connectivity index is 0.000000365. The number of pyridine rings is 1. The van der Waals surface area contributed by atoms with Crippen molar-refractivity contribution in [1.29, 1.82) is 0 Å². The average Bonchev–Trinajstić information content (AvgIpc) is 2.95. The number of carbonyl (C=O) groups excluding carboxylic acids is 1. The smallest absolute Gasteiger partial charge is 0.219 e. The van der Waals surface area contributed by atoms with Crippen LogP contribution >= 0.6 is 0 Å². The predicted molar refractivity (Wildman–Crippen MR) is 163 cm³/mol. The van der Waals surface area contributed by atoms with Gasteiger partial charge in [-0.3, -0.25) is 4.79 Å². The molecule has 1 aromatic carbocycles. The lowest BCUT2D eigenvalue weighted by Gasteiger charge is -2.31. The van der Waals surface area contributed by atoms with Crippen LogP contribution in [-0.4, -0.2) is 35.5 Å². The van der Waals surface area contributed by atoms with E-state index >= 15 is 0 Å². The van der Waals surface area contributed by atoms with Gasteiger partial charge in [-0.1, -0.05) is 79.0 Å². The third kappa shape index (κ3) is 10.9. The zero-order valence-corrected chi connectivity index (χ0v) is 24.5. The highest BCUT2D eigenvalue weighted by atomic mass is 16.5. The molecule has 1 aliphatic rings. The van der Waals surface area contributed by atoms with Gasteiger partial charge in [0.15, 0.2) is 0 Å². The summed E-state index contributed by atoms with van der Waals surface area (Å²) in [6.07, 6.45) is 12.0. The van der Waals surface area contributed by atoms with Crippen LogP contribution < -0.4 is 4.74 Å². The van der Waals surface area contributed by atoms with E-state index in [0.717, 1.165) is 48.7 Å². The van der Waals surface area contributed by atoms with E-state index in [1.807, 2.05) is 26.1 Å². The molecular formula is C33H47N3O2. The Labute approximate surface area is 231 Å². The fourth-order valence-corrected chi connectivity index (χ4v) is 3.82. The zero-order valence-electron chi connectivity index (χ0n) is 24.5. The van der Waals surface area contributed by atoms with Crippen LogP contribution in [0.4, 0.5) is 0 Å². The van der Waals surface area contributed by atoms with E-state index in [4.69, 9.17) is 4.74 Å². The fourth-order valence-electron chi connectivity index (χ4n) is 3.82. The molecule has 1 fully saturated rings. The minimum Gasteiger partial charge on any atom is -0.439 e. The monoisotopic (exact) mass is 517 g/mol. The Kier molecular flexibility index (Phi) is 15.3. The van der Waals surface area contributed by atoms with Crippen molar-refractivity contribution in [2.24, 2.45) is 10.9 Å². The second kappa shape index (κ2) is 17.9. The predicted octanol–water partition coefficient (Wildman–Crippen LogP) is 9.10. The number of aldehydes is 1. The molecule has 3 rings (SSSR count). The van der Waals surface area contributed by atoms with Crippen LogP contribution in [0.1, 0.15) is 95.1 Å². The molecule has 0 unspecified atom stereocenters. The van der Waals surface area contributed by atoms with Crippen LogP contribution in [0.5, 0.6) is 11.6 Å². The van der Waals surface area contributed by atoms with Crippen molar-refractivity contribution in [3.05, 3.63) is 83.8 Å². The number of ether oxygens (including phenoxy) is 1. The van der Waals surface area contributed by atoms with E-state index in [9.17, 15) is 4.79 Å². The third-order valence-electron chi connectivity index (χ3n) is 6.31. The van der Waals surface area contributed by atoms with Crippen LogP contribution in [0.25, 0.3) is 6.08 Å². The van der Waals surface area contributed by atoms with Crippen LogP contribution in [0.3, 0.4) is 0 Å². The summed E-state index contributed by atoms with van der Waals surface area (Å²) in [7, 11) is 0. The van der Waals surface area contributed by atoms with Crippen molar-refractivity contribution in [2.75, 3.05) is 13.1 Å². The molecule has 206 valence electrons. The van der Waals surface area contributed by atoms with Gasteiger partial charge >= 0.3 is 0 Å². The second-order valence-electron chi connectivity index (χ2n) is 9.36. The number of carbonyl (C=O) groups is 1. The molecule has 0 amide bonds. The molecule has 0 saturated carbocycles. The van der Waals surface area contributed by atoms with Gasteiger partial charge in [0, 0.05) is 37.1 Å². The molecule has 1 aromatic heterocycles. The highest BCUT2D eigenvalue weighted by Crippen LogP contribution is 2.26. The van der Waals surface area contributed by atoms with Gasteiger partial charge in [0.05, 0.1) is 0 Å². The maximum atomic E-state index is 10.7. The summed E-state index contributed by atoms with van der Waals surface area (Å²) in [5, 5.41) is 0. The fraction of sp³-hybridized carbons (Fsp3) is 0.424. The number of rotatable bonds is 9. The second-order valence-corrected chi connectivity index (χ2v) is 9.36. The number of nitrogens with zero attached hydrogens (tertiary/aromatic N) is 3. The SMILES string of the molecule is C=C(/N=C\C(=C/C)CC)N1CCC(C)CC1.C=Cc1cc(Oc2cccc(C=O)c2)ncc1C(C)C.CC. The van der Waals surface area contributed by atoms with Crippen molar-refractivity contribution < 1.29 is 9.53 Å². The van der Waals surface area contributed by atoms with Crippen LogP contribution in [0.2, 0.25) is 0 Å². The Hall–Kier alpha value is -3.47. The van der Waals surface area contributed by atoms with E-state index in [-0.39, 0.29) is 0 Å². The van der Waals surface area contributed by atoms with Crippen molar-refractivity contribution in [1.82, 2.24) is 9.88 Å². The first-order valence-corrected chi connectivity index (χ1v) is 13.8. The molecule has 0 radical (unpaired) electrons. The van der Waals surface area contributed by atoms with Gasteiger partial charge in [-0.05, 0) is 66.9 Å². The first-order chi connectivity index (χ1) is 18.3. The summed E-state index contributed by atoms with van der Waals surface area (Å²) in [6.45, 7) is 24.8. The number of aromatic nitrogens is 1. The molecule has 38 heavy (non-hydrogen) atoms. The number of piperidine rings is 1. The molecule has 5 nitrogen and oxygen atoms in total. The van der Waals surface area contributed by atoms with Gasteiger partial charge in [0.25, 0.3) is 0 Å². The minimum absolute atomic E-state index is 0.378. The number of allylic oxidation sites excluding steroid dienone is 2. The highest BCUT2D eigenvalue weighted by Gasteiger charge is 2.16. The molecule has 2 heterocycles. The van der Waals surface area contributed by atoms with Crippen molar-refractivity contribution in [3.8, 4) is 11.6 Å². The lowest BCUT2D eigenvalue weighted by atomic mass is 9.99. The molecule has 0 spiro atoms. The number of aliphatic imine (C=N–C) groups is 1. The van der Waals surface area contributed by atoms with E-state index in [1.165, 1.54) is 18.4 Å². The topological polar surface area (TPSA) is 54.8 Å². The number of hydrogen-bond acceptors (Lipinski definition) is 5. The van der Waals surface area contributed by atoms with E-state index < -0.39 is 0 Å². The van der Waals surface area contributed by atoms with Crippen LogP contribution in [0.15, 0.2) is 72.1 Å². The molecule has 2 aromatic rings. The molecule has 0 atom stereocenters. The van der Waals surface area contributed by atoms with Gasteiger partial charge < -0.3 is 9.64 Å². The highest BCUT2D eigenvalue weighted by molar-refractivity contribution is 5.79. The molecule has 0 N–H and O–H groups in total. The van der Waals surface area contributed by atoms with E-state index in [2.05, 4.69) is 68.7 Å². The van der Waals surface area contributed by atoms with E-state index in [1.54, 1.807) is 36.5 Å². The van der Waals surface area contributed by atoms with Crippen LogP contribution in [0, 0.1) is 5.92 Å². The molecule has 0 bridgehead atoms. The molecule has 1 saturated heterocycles. The van der Waals surface area contributed by atoms with Crippen molar-refractivity contribution in [3.63, 3.8) is 0 Å². The third-order valence-corrected chi connectivity index (χ3v) is 6.31. The largest absolute Gasteiger partial charge is 0.439 e. The first kappa shape index (κ1) is 32.6. The molecular weight excluding hydrogens is 470 g/mol.